The fourth-order valence-electron chi connectivity index (χ4n) is 5.36. The van der Waals surface area contributed by atoms with E-state index < -0.39 is 5.97 Å². The maximum absolute atomic E-state index is 13.8. The lowest BCUT2D eigenvalue weighted by atomic mass is 10.1. The molecule has 0 bridgehead atoms. The van der Waals surface area contributed by atoms with Crippen LogP contribution in [0.4, 0.5) is 10.6 Å². The Hall–Kier alpha value is -3.45. The van der Waals surface area contributed by atoms with Crippen LogP contribution >= 0.6 is 24.0 Å². The van der Waals surface area contributed by atoms with E-state index in [9.17, 15) is 19.2 Å². The number of aryl methyl sites for hydroxylation is 1. The first-order valence-electron chi connectivity index (χ1n) is 15.4. The molecule has 13 heteroatoms. The second-order valence-electron chi connectivity index (χ2n) is 11.1. The Kier molecular flexibility index (Phi) is 12.2. The van der Waals surface area contributed by atoms with Crippen molar-refractivity contribution in [3.8, 4) is 0 Å². The zero-order chi connectivity index (χ0) is 31.6. The van der Waals surface area contributed by atoms with E-state index in [-0.39, 0.29) is 24.0 Å². The molecule has 11 nitrogen and oxygen atoms in total. The largest absolute Gasteiger partial charge is 0.481 e. The molecule has 2 aromatic heterocycles. The predicted molar refractivity (Wildman–Crippen MR) is 176 cm³/mol. The van der Waals surface area contributed by atoms with Crippen LogP contribution in [0.25, 0.3) is 11.7 Å². The fraction of sp³-hybridized carbons (Fsp3) is 0.548. The molecule has 0 saturated carbocycles. The quantitative estimate of drug-likeness (QED) is 0.169. The van der Waals surface area contributed by atoms with Gasteiger partial charge in [-0.15, -0.1) is 0 Å². The molecule has 0 radical (unpaired) electrons. The number of carboxylic acid groups (broad SMARTS) is 1. The van der Waals surface area contributed by atoms with Crippen LogP contribution in [0.15, 0.2) is 28.0 Å². The molecule has 2 fully saturated rings. The minimum Gasteiger partial charge on any atom is -0.481 e. The molecule has 4 heterocycles. The number of thioether (sulfide) groups is 1. The van der Waals surface area contributed by atoms with Crippen LogP contribution in [-0.4, -0.2) is 85.9 Å². The van der Waals surface area contributed by atoms with Crippen LogP contribution in [0.5, 0.6) is 0 Å². The van der Waals surface area contributed by atoms with E-state index in [0.29, 0.717) is 65.6 Å². The van der Waals surface area contributed by atoms with E-state index in [1.165, 1.54) is 16.2 Å². The van der Waals surface area contributed by atoms with Crippen LogP contribution in [-0.2, 0) is 14.3 Å². The standard InChI is InChI=1S/C31H41N5O6S2/c1-3-42-30(41)34-18-16-33(17-19-34)27-23(28(39)36-21-22(2)13-14-25(36)32-27)20-24-29(40)35(31(43)44-24)15-11-9-7-5-4-6-8-10-12-26(37)38/h13-14,20-21H,3-12,15-19H2,1-2H3,(H,37,38)/b24-20+. The number of anilines is 1. The lowest BCUT2D eigenvalue weighted by Gasteiger charge is -2.35. The number of rotatable bonds is 14. The molecule has 1 N–H and O–H groups in total. The Balaban J connectivity index is 1.43. The number of hydrogen-bond donors (Lipinski definition) is 1. The van der Waals surface area contributed by atoms with Gasteiger partial charge in [-0.25, -0.2) is 9.78 Å². The molecule has 44 heavy (non-hydrogen) atoms. The number of hydrogen-bond acceptors (Lipinski definition) is 9. The lowest BCUT2D eigenvalue weighted by Crippen LogP contribution is -2.49. The molecule has 2 saturated heterocycles. The molecule has 4 rings (SSSR count). The van der Waals surface area contributed by atoms with E-state index in [1.54, 1.807) is 35.1 Å². The van der Waals surface area contributed by atoms with Gasteiger partial charge in [-0.2, -0.15) is 0 Å². The van der Waals surface area contributed by atoms with Gasteiger partial charge >= 0.3 is 12.1 Å². The summed E-state index contributed by atoms with van der Waals surface area (Å²) in [5.74, 6) is -0.459. The fourth-order valence-corrected chi connectivity index (χ4v) is 6.65. The number of nitrogens with zero attached hydrogens (tertiary/aromatic N) is 5. The molecule has 0 spiro atoms. The molecular weight excluding hydrogens is 603 g/mol. The summed E-state index contributed by atoms with van der Waals surface area (Å²) >= 11 is 6.76. The molecule has 0 unspecified atom stereocenters. The first-order chi connectivity index (χ1) is 21.2. The van der Waals surface area contributed by atoms with Crippen molar-refractivity contribution in [2.45, 2.75) is 71.6 Å². The van der Waals surface area contributed by atoms with Crippen LogP contribution in [0, 0.1) is 6.92 Å². The summed E-state index contributed by atoms with van der Waals surface area (Å²) in [6.45, 7) is 6.31. The highest BCUT2D eigenvalue weighted by Crippen LogP contribution is 2.34. The highest BCUT2D eigenvalue weighted by atomic mass is 32.2. The maximum atomic E-state index is 13.8. The van der Waals surface area contributed by atoms with Gasteiger partial charge in [-0.3, -0.25) is 23.7 Å². The number of pyridine rings is 1. The normalized spacial score (nSPS) is 16.4. The number of aromatic nitrogens is 2. The average molecular weight is 644 g/mol. The van der Waals surface area contributed by atoms with Crippen molar-refractivity contribution in [3.63, 3.8) is 0 Å². The third kappa shape index (κ3) is 8.59. The van der Waals surface area contributed by atoms with Crippen LogP contribution in [0.1, 0.15) is 75.8 Å². The van der Waals surface area contributed by atoms with Gasteiger partial charge in [0.15, 0.2) is 0 Å². The summed E-state index contributed by atoms with van der Waals surface area (Å²) in [4.78, 5) is 60.6. The summed E-state index contributed by atoms with van der Waals surface area (Å²) in [6.07, 6.45) is 11.0. The van der Waals surface area contributed by atoms with Crippen molar-refractivity contribution in [3.05, 3.63) is 44.7 Å². The van der Waals surface area contributed by atoms with Crippen molar-refractivity contribution in [2.75, 3.05) is 44.2 Å². The molecule has 0 aromatic carbocycles. The van der Waals surface area contributed by atoms with Crippen molar-refractivity contribution >= 4 is 63.8 Å². The van der Waals surface area contributed by atoms with Crippen molar-refractivity contribution in [2.24, 2.45) is 0 Å². The predicted octanol–water partition coefficient (Wildman–Crippen LogP) is 5.08. The van der Waals surface area contributed by atoms with E-state index in [4.69, 9.17) is 27.0 Å². The summed E-state index contributed by atoms with van der Waals surface area (Å²) in [5.41, 5.74) is 1.47. The number of amides is 2. The zero-order valence-electron chi connectivity index (χ0n) is 25.5. The summed E-state index contributed by atoms with van der Waals surface area (Å²) in [7, 11) is 0. The third-order valence-electron chi connectivity index (χ3n) is 7.76. The summed E-state index contributed by atoms with van der Waals surface area (Å²) < 4.78 is 7.13. The number of thiocarbonyl (C=S) groups is 1. The molecule has 238 valence electrons. The number of fused-ring (bicyclic) bond motifs is 1. The van der Waals surface area contributed by atoms with Crippen molar-refractivity contribution < 1.29 is 24.2 Å². The minimum absolute atomic E-state index is 0.203. The van der Waals surface area contributed by atoms with E-state index in [0.717, 1.165) is 56.9 Å². The number of carbonyl (C=O) groups is 3. The Bertz CT molecular complexity index is 1470. The van der Waals surface area contributed by atoms with Gasteiger partial charge in [0.25, 0.3) is 11.5 Å². The average Bonchev–Trinajstić information content (AvgIpc) is 3.27. The van der Waals surface area contributed by atoms with Crippen LogP contribution < -0.4 is 10.5 Å². The molecule has 0 aliphatic carbocycles. The zero-order valence-corrected chi connectivity index (χ0v) is 27.1. The second-order valence-corrected chi connectivity index (χ2v) is 12.7. The maximum Gasteiger partial charge on any atom is 0.409 e. The Morgan fingerprint density at radius 1 is 1.02 bits per heavy atom. The Morgan fingerprint density at radius 3 is 2.34 bits per heavy atom. The first-order valence-corrected chi connectivity index (χ1v) is 16.6. The van der Waals surface area contributed by atoms with Crippen molar-refractivity contribution in [1.29, 1.82) is 0 Å². The van der Waals surface area contributed by atoms with Crippen molar-refractivity contribution in [1.82, 2.24) is 19.2 Å². The van der Waals surface area contributed by atoms with E-state index >= 15 is 0 Å². The van der Waals surface area contributed by atoms with Gasteiger partial charge in [0, 0.05) is 45.3 Å². The van der Waals surface area contributed by atoms with Gasteiger partial charge in [0.1, 0.15) is 15.8 Å². The first kappa shape index (κ1) is 33.4. The molecule has 2 aliphatic heterocycles. The van der Waals surface area contributed by atoms with Gasteiger partial charge < -0.3 is 19.6 Å². The van der Waals surface area contributed by atoms with Gasteiger partial charge in [-0.05, 0) is 44.4 Å². The Morgan fingerprint density at radius 2 is 1.68 bits per heavy atom. The highest BCUT2D eigenvalue weighted by molar-refractivity contribution is 8.26. The third-order valence-corrected chi connectivity index (χ3v) is 9.14. The number of carbonyl (C=O) groups excluding carboxylic acids is 2. The minimum atomic E-state index is -0.738. The molecule has 2 amide bonds. The molecule has 2 aliphatic rings. The number of aliphatic carboxylic acids is 1. The number of piperazine rings is 1. The summed E-state index contributed by atoms with van der Waals surface area (Å²) in [5, 5.41) is 8.72. The smallest absolute Gasteiger partial charge is 0.409 e. The molecule has 2 aromatic rings. The van der Waals surface area contributed by atoms with Gasteiger partial charge in [0.2, 0.25) is 0 Å². The van der Waals surface area contributed by atoms with Crippen LogP contribution in [0.2, 0.25) is 0 Å². The lowest BCUT2D eigenvalue weighted by molar-refractivity contribution is -0.137. The van der Waals surface area contributed by atoms with E-state index in [2.05, 4.69) is 0 Å². The summed E-state index contributed by atoms with van der Waals surface area (Å²) in [6, 6.07) is 3.70. The number of unbranched alkanes of at least 4 members (excludes halogenated alkanes) is 7. The molecular formula is C31H41N5O6S2. The number of carboxylic acids is 1. The number of ether oxygens (including phenoxy) is 1. The monoisotopic (exact) mass is 643 g/mol. The SMILES string of the molecule is CCOC(=O)N1CCN(c2nc3ccc(C)cn3c(=O)c2/C=C2/SC(=S)N(CCCCCCCCCCC(=O)O)C2=O)CC1. The van der Waals surface area contributed by atoms with Gasteiger partial charge in [0.05, 0.1) is 17.1 Å². The second kappa shape index (κ2) is 16.0. The van der Waals surface area contributed by atoms with E-state index in [1.807, 2.05) is 17.9 Å². The van der Waals surface area contributed by atoms with Crippen LogP contribution in [0.3, 0.4) is 0 Å². The molecule has 0 atom stereocenters. The Labute approximate surface area is 267 Å². The van der Waals surface area contributed by atoms with Gasteiger partial charge in [-0.1, -0.05) is 68.6 Å². The topological polar surface area (TPSA) is 125 Å². The highest BCUT2D eigenvalue weighted by Gasteiger charge is 2.33.